The Bertz CT molecular complexity index is 1290. The van der Waals surface area contributed by atoms with Crippen molar-refractivity contribution >= 4 is 34.0 Å². The van der Waals surface area contributed by atoms with Crippen LogP contribution in [0.15, 0.2) is 24.4 Å². The van der Waals surface area contributed by atoms with Crippen LogP contribution >= 0.6 is 11.3 Å². The molecule has 3 N–H and O–H groups in total. The van der Waals surface area contributed by atoms with Crippen LogP contribution in [0.2, 0.25) is 0 Å². The summed E-state index contributed by atoms with van der Waals surface area (Å²) < 4.78 is 58.7. The Hall–Kier alpha value is -2.77. The van der Waals surface area contributed by atoms with Crippen LogP contribution in [0, 0.1) is 6.92 Å². The lowest BCUT2D eigenvalue weighted by molar-refractivity contribution is -0.105. The van der Waals surface area contributed by atoms with E-state index in [9.17, 15) is 17.4 Å². The van der Waals surface area contributed by atoms with Gasteiger partial charge in [-0.15, -0.1) is 11.3 Å². The summed E-state index contributed by atoms with van der Waals surface area (Å²) in [6.45, 7) is 3.77. The zero-order valence-electron chi connectivity index (χ0n) is 20.2. The molecule has 2 aromatic heterocycles. The highest BCUT2D eigenvalue weighted by Gasteiger charge is 2.31. The third-order valence-corrected chi connectivity index (χ3v) is 8.20. The maximum atomic E-state index is 12.6. The molecule has 198 valence electrons. The molecule has 13 heteroatoms. The SMILES string of the molecule is Cc1nc(Oc2ccc(NS(=O)CC(F)(F)F)c3c2CCC3)c(-c2ccnc(NC3CCCNC3)n2)s1. The van der Waals surface area contributed by atoms with Gasteiger partial charge in [-0.1, -0.05) is 0 Å². The van der Waals surface area contributed by atoms with Crippen LogP contribution in [-0.4, -0.2) is 50.2 Å². The number of aryl methyl sites for hydroxylation is 1. The summed E-state index contributed by atoms with van der Waals surface area (Å²) in [6, 6.07) is 5.40. The first-order valence-electron chi connectivity index (χ1n) is 12.1. The Balaban J connectivity index is 1.37. The van der Waals surface area contributed by atoms with Gasteiger partial charge in [0.25, 0.3) is 0 Å². The van der Waals surface area contributed by atoms with Gasteiger partial charge in [-0.25, -0.2) is 19.2 Å². The molecule has 0 saturated carbocycles. The summed E-state index contributed by atoms with van der Waals surface area (Å²) in [5.74, 6) is 0.148. The van der Waals surface area contributed by atoms with Crippen molar-refractivity contribution < 1.29 is 22.1 Å². The third-order valence-electron chi connectivity index (χ3n) is 6.19. The fraction of sp³-hybridized carbons (Fsp3) is 0.458. The molecule has 5 rings (SSSR count). The summed E-state index contributed by atoms with van der Waals surface area (Å²) in [5.41, 5.74) is 2.86. The molecule has 0 spiro atoms. The van der Waals surface area contributed by atoms with Crippen LogP contribution in [0.4, 0.5) is 24.8 Å². The van der Waals surface area contributed by atoms with Crippen molar-refractivity contribution in [2.24, 2.45) is 0 Å². The molecule has 0 bridgehead atoms. The summed E-state index contributed by atoms with van der Waals surface area (Å²) in [6.07, 6.45) is 1.55. The van der Waals surface area contributed by atoms with E-state index < -0.39 is 22.9 Å². The van der Waals surface area contributed by atoms with Crippen molar-refractivity contribution in [1.82, 2.24) is 20.3 Å². The highest BCUT2D eigenvalue weighted by molar-refractivity contribution is 7.86. The number of rotatable bonds is 8. The topological polar surface area (TPSA) is 101 Å². The van der Waals surface area contributed by atoms with Gasteiger partial charge < -0.3 is 20.1 Å². The standard InChI is InChI=1S/C24H27F3N6O2S2/c1-14-30-22(21(36-14)19-9-11-29-23(32-19)31-15-4-3-10-28-12-15)35-20-8-7-18(16-5-2-6-17(16)20)33-37(34)13-24(25,26)27/h7-9,11,15,28,33H,2-6,10,12-13H2,1H3,(H,29,31,32). The van der Waals surface area contributed by atoms with E-state index in [2.05, 4.69) is 25.3 Å². The number of aromatic nitrogens is 3. The van der Waals surface area contributed by atoms with Gasteiger partial charge in [-0.05, 0) is 69.3 Å². The number of thiazole rings is 1. The molecular weight excluding hydrogens is 525 g/mol. The molecule has 3 aromatic rings. The summed E-state index contributed by atoms with van der Waals surface area (Å²) in [5, 5.41) is 7.57. The van der Waals surface area contributed by atoms with E-state index in [1.807, 2.05) is 13.0 Å². The Labute approximate surface area is 219 Å². The number of ether oxygens (including phenoxy) is 1. The molecule has 8 nitrogen and oxygen atoms in total. The van der Waals surface area contributed by atoms with Crippen molar-refractivity contribution in [3.05, 3.63) is 40.5 Å². The number of hydrogen-bond acceptors (Lipinski definition) is 8. The molecule has 1 saturated heterocycles. The van der Waals surface area contributed by atoms with Crippen molar-refractivity contribution in [3.8, 4) is 22.2 Å². The highest BCUT2D eigenvalue weighted by atomic mass is 32.2. The van der Waals surface area contributed by atoms with Crippen molar-refractivity contribution in [2.75, 3.05) is 28.9 Å². The summed E-state index contributed by atoms with van der Waals surface area (Å²) >= 11 is 1.47. The predicted octanol–water partition coefficient (Wildman–Crippen LogP) is 4.99. The van der Waals surface area contributed by atoms with E-state index in [4.69, 9.17) is 9.72 Å². The molecular formula is C24H27F3N6O2S2. The lowest BCUT2D eigenvalue weighted by Gasteiger charge is -2.23. The Morgan fingerprint density at radius 2 is 2.03 bits per heavy atom. The van der Waals surface area contributed by atoms with Crippen molar-refractivity contribution in [1.29, 1.82) is 0 Å². The van der Waals surface area contributed by atoms with Gasteiger partial charge in [0.15, 0.2) is 0 Å². The van der Waals surface area contributed by atoms with E-state index in [0.29, 0.717) is 41.8 Å². The first-order chi connectivity index (χ1) is 17.7. The fourth-order valence-electron chi connectivity index (χ4n) is 4.63. The van der Waals surface area contributed by atoms with Crippen LogP contribution < -0.4 is 20.1 Å². The minimum atomic E-state index is -4.51. The maximum absolute atomic E-state index is 12.6. The summed E-state index contributed by atoms with van der Waals surface area (Å²) in [7, 11) is -2.26. The van der Waals surface area contributed by atoms with Crippen molar-refractivity contribution in [3.63, 3.8) is 0 Å². The molecule has 0 amide bonds. The van der Waals surface area contributed by atoms with E-state index in [1.165, 1.54) is 11.3 Å². The smallest absolute Gasteiger partial charge is 0.402 e. The second-order valence-electron chi connectivity index (χ2n) is 9.05. The number of nitrogens with one attached hydrogen (secondary N) is 3. The average Bonchev–Trinajstić information content (AvgIpc) is 3.48. The lowest BCUT2D eigenvalue weighted by Crippen LogP contribution is -2.38. The number of fused-ring (bicyclic) bond motifs is 1. The molecule has 1 aromatic carbocycles. The fourth-order valence-corrected chi connectivity index (χ4v) is 6.25. The van der Waals surface area contributed by atoms with Gasteiger partial charge in [0, 0.05) is 30.0 Å². The Kier molecular flexibility index (Phi) is 7.63. The number of hydrogen-bond donors (Lipinski definition) is 3. The lowest BCUT2D eigenvalue weighted by atomic mass is 10.1. The van der Waals surface area contributed by atoms with Gasteiger partial charge in [0.1, 0.15) is 27.4 Å². The zero-order chi connectivity index (χ0) is 26.0. The molecule has 2 unspecified atom stereocenters. The van der Waals surface area contributed by atoms with E-state index in [-0.39, 0.29) is 6.04 Å². The summed E-state index contributed by atoms with van der Waals surface area (Å²) in [4.78, 5) is 14.4. The van der Waals surface area contributed by atoms with E-state index in [1.54, 1.807) is 18.3 Å². The number of nitrogens with zero attached hydrogens (tertiary/aromatic N) is 3. The Morgan fingerprint density at radius 1 is 1.19 bits per heavy atom. The van der Waals surface area contributed by atoms with Crippen LogP contribution in [0.3, 0.4) is 0 Å². The number of halogens is 3. The van der Waals surface area contributed by atoms with Crippen LogP contribution in [0.1, 0.15) is 35.4 Å². The average molecular weight is 553 g/mol. The van der Waals surface area contributed by atoms with E-state index in [0.717, 1.165) is 53.4 Å². The highest BCUT2D eigenvalue weighted by Crippen LogP contribution is 2.42. The molecule has 2 aliphatic rings. The third kappa shape index (κ3) is 6.39. The molecule has 1 fully saturated rings. The first-order valence-corrected chi connectivity index (χ1v) is 14.2. The molecule has 1 aliphatic carbocycles. The number of piperidine rings is 1. The molecule has 1 aliphatic heterocycles. The van der Waals surface area contributed by atoms with Gasteiger partial charge in [0.2, 0.25) is 11.8 Å². The second-order valence-corrected chi connectivity index (χ2v) is 11.4. The maximum Gasteiger partial charge on any atom is 0.402 e. The Morgan fingerprint density at radius 3 is 2.81 bits per heavy atom. The normalized spacial score (nSPS) is 18.3. The van der Waals surface area contributed by atoms with Gasteiger partial charge in [0.05, 0.1) is 10.7 Å². The van der Waals surface area contributed by atoms with Crippen molar-refractivity contribution in [2.45, 2.75) is 51.2 Å². The minimum Gasteiger partial charge on any atom is -0.437 e. The van der Waals surface area contributed by atoms with Crippen LogP contribution in [0.5, 0.6) is 11.6 Å². The number of anilines is 2. The van der Waals surface area contributed by atoms with Gasteiger partial charge >= 0.3 is 6.18 Å². The molecule has 2 atom stereocenters. The molecule has 3 heterocycles. The van der Waals surface area contributed by atoms with Gasteiger partial charge in [-0.3, -0.25) is 0 Å². The molecule has 0 radical (unpaired) electrons. The van der Waals surface area contributed by atoms with Crippen LogP contribution in [0.25, 0.3) is 10.6 Å². The zero-order valence-corrected chi connectivity index (χ0v) is 21.8. The van der Waals surface area contributed by atoms with Gasteiger partial charge in [-0.2, -0.15) is 13.2 Å². The number of benzene rings is 1. The molecule has 37 heavy (non-hydrogen) atoms. The quantitative estimate of drug-likeness (QED) is 0.362. The van der Waals surface area contributed by atoms with E-state index >= 15 is 0 Å². The largest absolute Gasteiger partial charge is 0.437 e. The predicted molar refractivity (Wildman–Crippen MR) is 139 cm³/mol. The minimum absolute atomic E-state index is 0.267. The van der Waals surface area contributed by atoms with Crippen LogP contribution in [-0.2, 0) is 23.8 Å². The second kappa shape index (κ2) is 10.9. The monoisotopic (exact) mass is 552 g/mol. The number of alkyl halides is 3. The first kappa shape index (κ1) is 25.9.